The molecule has 0 fully saturated rings. The molecule has 0 aromatic heterocycles. The first-order valence-electron chi connectivity index (χ1n) is 15.7. The zero-order valence-corrected chi connectivity index (χ0v) is 29.0. The lowest BCUT2D eigenvalue weighted by Crippen LogP contribution is -2.46. The van der Waals surface area contributed by atoms with Crippen molar-refractivity contribution in [3.8, 4) is 0 Å². The number of carbonyl (C=O) groups excluding carboxylic acids is 3. The minimum atomic E-state index is -1.21. The van der Waals surface area contributed by atoms with Crippen LogP contribution in [-0.2, 0) is 19.1 Å². The highest BCUT2D eigenvalue weighted by atomic mass is 33.1. The molecule has 0 unspecified atom stereocenters. The number of carbonyl (C=O) groups is 3. The second-order valence-electron chi connectivity index (χ2n) is 10.8. The topological polar surface area (TPSA) is 117 Å². The number of hydrogen-bond acceptors (Lipinski definition) is 7. The van der Waals surface area contributed by atoms with E-state index in [1.54, 1.807) is 35.4 Å². The van der Waals surface area contributed by atoms with E-state index in [0.29, 0.717) is 19.5 Å². The molecule has 0 spiro atoms. The van der Waals surface area contributed by atoms with Crippen LogP contribution in [0.4, 0.5) is 0 Å². The van der Waals surface area contributed by atoms with Crippen molar-refractivity contribution in [3.05, 3.63) is 60.8 Å². The summed E-state index contributed by atoms with van der Waals surface area (Å²) in [6, 6.07) is 0. The summed E-state index contributed by atoms with van der Waals surface area (Å²) in [6.07, 6.45) is 28.0. The second kappa shape index (κ2) is 29.4. The van der Waals surface area contributed by atoms with Gasteiger partial charge in [0.05, 0.1) is 6.61 Å². The van der Waals surface area contributed by atoms with Gasteiger partial charge in [0, 0.05) is 56.5 Å². The summed E-state index contributed by atoms with van der Waals surface area (Å²) in [7, 11) is 4.81. The van der Waals surface area contributed by atoms with Crippen molar-refractivity contribution in [1.82, 2.24) is 16.0 Å². The van der Waals surface area contributed by atoms with Crippen molar-refractivity contribution < 1.29 is 24.2 Å². The maximum Gasteiger partial charge on any atom is 0.249 e. The van der Waals surface area contributed by atoms with Gasteiger partial charge in [-0.15, -0.1) is 0 Å². The smallest absolute Gasteiger partial charge is 0.249 e. The number of aliphatic hydroxyl groups excluding tert-OH is 1. The Morgan fingerprint density at radius 3 is 1.70 bits per heavy atom. The summed E-state index contributed by atoms with van der Waals surface area (Å²) < 4.78 is 5.03. The van der Waals surface area contributed by atoms with E-state index >= 15 is 0 Å². The molecule has 10 heteroatoms. The number of hydrogen-bond donors (Lipinski definition) is 4. The van der Waals surface area contributed by atoms with Crippen molar-refractivity contribution >= 4 is 39.3 Å². The van der Waals surface area contributed by atoms with Gasteiger partial charge in [-0.2, -0.15) is 0 Å². The maximum atomic E-state index is 12.1. The van der Waals surface area contributed by atoms with Gasteiger partial charge in [0.15, 0.2) is 0 Å². The van der Waals surface area contributed by atoms with E-state index in [0.717, 1.165) is 56.5 Å². The fourth-order valence-electron chi connectivity index (χ4n) is 3.71. The molecule has 0 aromatic carbocycles. The van der Waals surface area contributed by atoms with Gasteiger partial charge in [-0.05, 0) is 44.9 Å². The number of amides is 3. The molecule has 0 heterocycles. The normalized spacial score (nSPS) is 13.1. The number of nitrogens with one attached hydrogen (secondary N) is 3. The summed E-state index contributed by atoms with van der Waals surface area (Å²) in [6.45, 7) is 7.18. The number of allylic oxidation sites excluding steroid dienone is 10. The van der Waals surface area contributed by atoms with Crippen molar-refractivity contribution in [2.24, 2.45) is 5.41 Å². The predicted molar refractivity (Wildman–Crippen MR) is 189 cm³/mol. The lowest BCUT2D eigenvalue weighted by atomic mass is 9.87. The zero-order valence-electron chi connectivity index (χ0n) is 27.4. The minimum absolute atomic E-state index is 0.0806. The molecule has 0 radical (unpaired) electrons. The van der Waals surface area contributed by atoms with Crippen LogP contribution < -0.4 is 16.0 Å². The number of unbranched alkanes of at least 4 members (excludes halogenated alkanes) is 1. The Morgan fingerprint density at radius 1 is 0.727 bits per heavy atom. The molecule has 4 N–H and O–H groups in total. The summed E-state index contributed by atoms with van der Waals surface area (Å²) in [4.78, 5) is 36.0. The molecule has 0 aliphatic rings. The van der Waals surface area contributed by atoms with Crippen LogP contribution in [0.15, 0.2) is 60.8 Å². The van der Waals surface area contributed by atoms with E-state index in [4.69, 9.17) is 4.74 Å². The van der Waals surface area contributed by atoms with E-state index in [2.05, 4.69) is 83.6 Å². The van der Waals surface area contributed by atoms with Crippen LogP contribution in [-0.4, -0.2) is 73.8 Å². The average Bonchev–Trinajstić information content (AvgIpc) is 2.99. The molecule has 0 saturated carbocycles. The Balaban J connectivity index is 3.62. The van der Waals surface area contributed by atoms with E-state index in [1.807, 2.05) is 0 Å². The molecule has 0 rings (SSSR count). The van der Waals surface area contributed by atoms with Gasteiger partial charge in [-0.1, -0.05) is 103 Å². The summed E-state index contributed by atoms with van der Waals surface area (Å²) in [5.74, 6) is 0.959. The van der Waals surface area contributed by atoms with Crippen LogP contribution in [0, 0.1) is 5.41 Å². The quantitative estimate of drug-likeness (QED) is 0.0485. The van der Waals surface area contributed by atoms with Gasteiger partial charge in [-0.25, -0.2) is 0 Å². The monoisotopic (exact) mass is 651 g/mol. The Kier molecular flexibility index (Phi) is 27.9. The third-order valence-corrected chi connectivity index (χ3v) is 8.60. The SMILES string of the molecule is CC/C=C\C/C=C\C/C=C\C/C=C\C/C=C\CCCC(=O)NCCSSCCNC(=O)CCNC(=O)[C@H](O)C(C)(C)COC. The molecule has 1 atom stereocenters. The number of aliphatic hydroxyl groups is 1. The van der Waals surface area contributed by atoms with Gasteiger partial charge in [-0.3, -0.25) is 14.4 Å². The Morgan fingerprint density at radius 2 is 1.20 bits per heavy atom. The lowest BCUT2D eigenvalue weighted by molar-refractivity contribution is -0.137. The highest BCUT2D eigenvalue weighted by Crippen LogP contribution is 2.21. The number of ether oxygens (including phenoxy) is 1. The first-order valence-corrected chi connectivity index (χ1v) is 18.2. The molecule has 0 aliphatic carbocycles. The molecular weight excluding hydrogens is 595 g/mol. The van der Waals surface area contributed by atoms with E-state index in [-0.39, 0.29) is 31.4 Å². The van der Waals surface area contributed by atoms with E-state index in [1.165, 1.54) is 7.11 Å². The van der Waals surface area contributed by atoms with Crippen LogP contribution in [0.3, 0.4) is 0 Å². The zero-order chi connectivity index (χ0) is 32.7. The summed E-state index contributed by atoms with van der Waals surface area (Å²) in [5, 5.41) is 18.5. The van der Waals surface area contributed by atoms with Gasteiger partial charge < -0.3 is 25.8 Å². The standard InChI is InChI=1S/C34H57N3O5S2/c1-5-6-7-8-9-10-11-12-13-14-15-16-17-18-19-20-21-22-30(38)35-25-27-43-44-28-26-36-31(39)23-24-37-33(41)32(40)34(2,3)29-42-4/h6-7,9-10,12-13,15-16,18-19,32,40H,5,8,11,14,17,20-29H2,1-4H3,(H,35,38)(H,36,39)(H,37,41)/b7-6-,10-9-,13-12-,16-15-,19-18-/t32-/m0/s1. The first kappa shape index (κ1) is 41.7. The van der Waals surface area contributed by atoms with Crippen molar-refractivity contribution in [1.29, 1.82) is 0 Å². The fraction of sp³-hybridized carbons (Fsp3) is 0.618. The van der Waals surface area contributed by atoms with Crippen LogP contribution in [0.1, 0.15) is 78.6 Å². The molecule has 8 nitrogen and oxygen atoms in total. The Labute approximate surface area is 274 Å². The maximum absolute atomic E-state index is 12.1. The largest absolute Gasteiger partial charge is 0.384 e. The molecule has 0 bridgehead atoms. The third kappa shape index (κ3) is 26.2. The molecule has 0 saturated heterocycles. The average molecular weight is 652 g/mol. The van der Waals surface area contributed by atoms with Crippen LogP contribution in [0.25, 0.3) is 0 Å². The highest BCUT2D eigenvalue weighted by molar-refractivity contribution is 8.76. The fourth-order valence-corrected chi connectivity index (χ4v) is 5.52. The molecule has 3 amide bonds. The van der Waals surface area contributed by atoms with Crippen LogP contribution in [0.5, 0.6) is 0 Å². The van der Waals surface area contributed by atoms with Crippen LogP contribution in [0.2, 0.25) is 0 Å². The van der Waals surface area contributed by atoms with Gasteiger partial charge in [0.1, 0.15) is 6.10 Å². The second-order valence-corrected chi connectivity index (χ2v) is 13.5. The number of rotatable bonds is 27. The van der Waals surface area contributed by atoms with Crippen LogP contribution >= 0.6 is 21.6 Å². The van der Waals surface area contributed by atoms with Gasteiger partial charge in [0.2, 0.25) is 17.7 Å². The first-order chi connectivity index (χ1) is 21.2. The molecule has 0 aromatic rings. The van der Waals surface area contributed by atoms with Crippen molar-refractivity contribution in [2.45, 2.75) is 84.7 Å². The molecule has 44 heavy (non-hydrogen) atoms. The Hall–Kier alpha value is -2.27. The minimum Gasteiger partial charge on any atom is -0.384 e. The lowest BCUT2D eigenvalue weighted by Gasteiger charge is -2.28. The highest BCUT2D eigenvalue weighted by Gasteiger charge is 2.33. The predicted octanol–water partition coefficient (Wildman–Crippen LogP) is 6.06. The summed E-state index contributed by atoms with van der Waals surface area (Å²) >= 11 is 0. The van der Waals surface area contributed by atoms with Gasteiger partial charge in [0.25, 0.3) is 0 Å². The van der Waals surface area contributed by atoms with E-state index in [9.17, 15) is 19.5 Å². The Bertz CT molecular complexity index is 917. The number of methoxy groups -OCH3 is 1. The van der Waals surface area contributed by atoms with Crippen molar-refractivity contribution in [3.63, 3.8) is 0 Å². The van der Waals surface area contributed by atoms with Gasteiger partial charge >= 0.3 is 0 Å². The van der Waals surface area contributed by atoms with E-state index < -0.39 is 17.4 Å². The van der Waals surface area contributed by atoms with Crippen molar-refractivity contribution in [2.75, 3.05) is 44.9 Å². The summed E-state index contributed by atoms with van der Waals surface area (Å²) in [5.41, 5.74) is -0.712. The molecule has 250 valence electrons. The molecular formula is C34H57N3O5S2. The molecule has 0 aliphatic heterocycles. The third-order valence-electron chi connectivity index (χ3n) is 6.19.